The minimum Gasteiger partial charge on any atom is -0.382 e. The zero-order valence-electron chi connectivity index (χ0n) is 17.5. The van der Waals surface area contributed by atoms with Crippen molar-refractivity contribution >= 4 is 29.9 Å². The minimum absolute atomic E-state index is 0. The Kier molecular flexibility index (Phi) is 10.6. The average Bonchev–Trinajstić information content (AvgIpc) is 3.08. The maximum Gasteiger partial charge on any atom is 0.193 e. The number of methoxy groups -OCH3 is 1. The molecule has 0 saturated carbocycles. The first kappa shape index (κ1) is 24.2. The monoisotopic (exact) mass is 489 g/mol. The predicted molar refractivity (Wildman–Crippen MR) is 123 cm³/mol. The molecule has 6 heteroatoms. The van der Waals surface area contributed by atoms with Gasteiger partial charge in [0.2, 0.25) is 0 Å². The van der Waals surface area contributed by atoms with Crippen molar-refractivity contribution in [3.05, 3.63) is 35.4 Å². The van der Waals surface area contributed by atoms with E-state index in [1.165, 1.54) is 11.1 Å². The standard InChI is InChI=1S/C21H35N3O2.HI/c1-17-7-6-8-19(13-17)21(2,3)16-23-20(22-4)24-10-9-18(14-24)15-26-12-11-25-5;/h6-8,13,18H,9-12,14-16H2,1-5H3,(H,22,23);1H. The van der Waals surface area contributed by atoms with Crippen LogP contribution < -0.4 is 5.32 Å². The van der Waals surface area contributed by atoms with Crippen LogP contribution in [0.5, 0.6) is 0 Å². The van der Waals surface area contributed by atoms with E-state index in [1.807, 2.05) is 7.05 Å². The van der Waals surface area contributed by atoms with Gasteiger partial charge in [-0.15, -0.1) is 24.0 Å². The fraction of sp³-hybridized carbons (Fsp3) is 0.667. The van der Waals surface area contributed by atoms with Crippen molar-refractivity contribution in [3.8, 4) is 0 Å². The van der Waals surface area contributed by atoms with Crippen molar-refractivity contribution in [2.75, 3.05) is 53.6 Å². The Labute approximate surface area is 181 Å². The summed E-state index contributed by atoms with van der Waals surface area (Å²) in [6.07, 6.45) is 1.15. The van der Waals surface area contributed by atoms with Gasteiger partial charge in [0.05, 0.1) is 19.8 Å². The molecule has 1 aliphatic heterocycles. The third-order valence-corrected chi connectivity index (χ3v) is 5.07. The van der Waals surface area contributed by atoms with Crippen LogP contribution in [0.1, 0.15) is 31.4 Å². The zero-order valence-corrected chi connectivity index (χ0v) is 19.8. The highest BCUT2D eigenvalue weighted by Gasteiger charge is 2.27. The molecule has 1 N–H and O–H groups in total. The van der Waals surface area contributed by atoms with E-state index < -0.39 is 0 Å². The molecule has 0 spiro atoms. The van der Waals surface area contributed by atoms with Gasteiger partial charge in [0.15, 0.2) is 5.96 Å². The van der Waals surface area contributed by atoms with Gasteiger partial charge >= 0.3 is 0 Å². The molecule has 1 heterocycles. The SMILES string of the molecule is CN=C(NCC(C)(C)c1cccc(C)c1)N1CCC(COCCOC)C1.I. The van der Waals surface area contributed by atoms with Crippen LogP contribution in [0, 0.1) is 12.8 Å². The molecule has 2 rings (SSSR count). The van der Waals surface area contributed by atoms with Gasteiger partial charge in [-0.3, -0.25) is 4.99 Å². The third-order valence-electron chi connectivity index (χ3n) is 5.07. The van der Waals surface area contributed by atoms with Crippen molar-refractivity contribution in [3.63, 3.8) is 0 Å². The first-order chi connectivity index (χ1) is 12.5. The van der Waals surface area contributed by atoms with Crippen LogP contribution in [0.3, 0.4) is 0 Å². The molecule has 5 nitrogen and oxygen atoms in total. The second kappa shape index (κ2) is 11.9. The van der Waals surface area contributed by atoms with Crippen LogP contribution in [0.15, 0.2) is 29.3 Å². The Balaban J connectivity index is 0.00000364. The molecule has 0 radical (unpaired) electrons. The molecular weight excluding hydrogens is 453 g/mol. The number of aliphatic imine (C=N–C) groups is 1. The zero-order chi connectivity index (χ0) is 19.0. The molecule has 0 aliphatic carbocycles. The van der Waals surface area contributed by atoms with Gasteiger partial charge in [-0.2, -0.15) is 0 Å². The summed E-state index contributed by atoms with van der Waals surface area (Å²) in [5, 5.41) is 3.58. The second-order valence-corrected chi connectivity index (χ2v) is 7.82. The quantitative estimate of drug-likeness (QED) is 0.263. The summed E-state index contributed by atoms with van der Waals surface area (Å²) in [5.74, 6) is 1.56. The van der Waals surface area contributed by atoms with Gasteiger partial charge in [0.1, 0.15) is 0 Å². The van der Waals surface area contributed by atoms with E-state index in [4.69, 9.17) is 9.47 Å². The van der Waals surface area contributed by atoms with E-state index in [-0.39, 0.29) is 29.4 Å². The average molecular weight is 489 g/mol. The summed E-state index contributed by atoms with van der Waals surface area (Å²) in [6.45, 7) is 11.7. The number of aryl methyl sites for hydroxylation is 1. The van der Waals surface area contributed by atoms with Crippen molar-refractivity contribution in [2.24, 2.45) is 10.9 Å². The van der Waals surface area contributed by atoms with E-state index in [0.717, 1.165) is 38.6 Å². The van der Waals surface area contributed by atoms with Crippen LogP contribution in [0.25, 0.3) is 0 Å². The minimum atomic E-state index is 0. The highest BCUT2D eigenvalue weighted by atomic mass is 127. The Bertz CT molecular complexity index is 593. The molecule has 0 bridgehead atoms. The summed E-state index contributed by atoms with van der Waals surface area (Å²) in [6, 6.07) is 8.76. The van der Waals surface area contributed by atoms with Crippen LogP contribution in [0.4, 0.5) is 0 Å². The van der Waals surface area contributed by atoms with Crippen molar-refractivity contribution in [1.82, 2.24) is 10.2 Å². The highest BCUT2D eigenvalue weighted by molar-refractivity contribution is 14.0. The lowest BCUT2D eigenvalue weighted by molar-refractivity contribution is 0.0536. The maximum atomic E-state index is 5.69. The number of ether oxygens (including phenoxy) is 2. The molecule has 1 atom stereocenters. The summed E-state index contributed by atoms with van der Waals surface area (Å²) >= 11 is 0. The fourth-order valence-corrected chi connectivity index (χ4v) is 3.35. The maximum absolute atomic E-state index is 5.69. The van der Waals surface area contributed by atoms with E-state index in [0.29, 0.717) is 19.1 Å². The largest absolute Gasteiger partial charge is 0.382 e. The van der Waals surface area contributed by atoms with Crippen LogP contribution in [-0.2, 0) is 14.9 Å². The van der Waals surface area contributed by atoms with Crippen LogP contribution >= 0.6 is 24.0 Å². The summed E-state index contributed by atoms with van der Waals surface area (Å²) in [5.41, 5.74) is 2.70. The van der Waals surface area contributed by atoms with Gasteiger partial charge in [-0.1, -0.05) is 43.7 Å². The highest BCUT2D eigenvalue weighted by Crippen LogP contribution is 2.23. The smallest absolute Gasteiger partial charge is 0.193 e. The Hall–Kier alpha value is -0.860. The molecule has 1 saturated heterocycles. The Morgan fingerprint density at radius 3 is 2.78 bits per heavy atom. The number of hydrogen-bond acceptors (Lipinski definition) is 3. The predicted octanol–water partition coefficient (Wildman–Crippen LogP) is 3.45. The van der Waals surface area contributed by atoms with Gasteiger partial charge in [0, 0.05) is 45.1 Å². The molecule has 0 amide bonds. The number of likely N-dealkylation sites (tertiary alicyclic amines) is 1. The van der Waals surface area contributed by atoms with E-state index in [1.54, 1.807) is 7.11 Å². The van der Waals surface area contributed by atoms with Crippen molar-refractivity contribution in [2.45, 2.75) is 32.6 Å². The van der Waals surface area contributed by atoms with E-state index in [2.05, 4.69) is 60.2 Å². The molecule has 1 aromatic carbocycles. The lowest BCUT2D eigenvalue weighted by Gasteiger charge is -2.29. The molecule has 1 aromatic rings. The lowest BCUT2D eigenvalue weighted by Crippen LogP contribution is -2.45. The van der Waals surface area contributed by atoms with Gasteiger partial charge in [0.25, 0.3) is 0 Å². The van der Waals surface area contributed by atoms with Crippen molar-refractivity contribution < 1.29 is 9.47 Å². The van der Waals surface area contributed by atoms with Gasteiger partial charge < -0.3 is 19.7 Å². The number of nitrogens with zero attached hydrogens (tertiary/aromatic N) is 2. The fourth-order valence-electron chi connectivity index (χ4n) is 3.35. The summed E-state index contributed by atoms with van der Waals surface area (Å²) in [7, 11) is 3.57. The van der Waals surface area contributed by atoms with E-state index >= 15 is 0 Å². The lowest BCUT2D eigenvalue weighted by atomic mass is 9.84. The van der Waals surface area contributed by atoms with Crippen molar-refractivity contribution in [1.29, 1.82) is 0 Å². The molecule has 27 heavy (non-hydrogen) atoms. The normalized spacial score (nSPS) is 17.7. The first-order valence-corrected chi connectivity index (χ1v) is 9.55. The second-order valence-electron chi connectivity index (χ2n) is 7.82. The molecule has 1 fully saturated rings. The Morgan fingerprint density at radius 2 is 2.11 bits per heavy atom. The first-order valence-electron chi connectivity index (χ1n) is 9.55. The van der Waals surface area contributed by atoms with Gasteiger partial charge in [-0.25, -0.2) is 0 Å². The number of rotatable bonds is 8. The number of halogens is 1. The van der Waals surface area contributed by atoms with Crippen LogP contribution in [0.2, 0.25) is 0 Å². The number of guanidine groups is 1. The summed E-state index contributed by atoms with van der Waals surface area (Å²) in [4.78, 5) is 6.84. The number of hydrogen-bond donors (Lipinski definition) is 1. The molecule has 0 aromatic heterocycles. The molecule has 1 aliphatic rings. The van der Waals surface area contributed by atoms with Gasteiger partial charge in [-0.05, 0) is 18.9 Å². The number of nitrogens with one attached hydrogen (secondary N) is 1. The van der Waals surface area contributed by atoms with E-state index in [9.17, 15) is 0 Å². The molecule has 1 unspecified atom stereocenters. The number of benzene rings is 1. The Morgan fingerprint density at radius 1 is 1.33 bits per heavy atom. The molecule has 154 valence electrons. The summed E-state index contributed by atoms with van der Waals surface area (Å²) < 4.78 is 10.7. The third kappa shape index (κ3) is 7.58. The van der Waals surface area contributed by atoms with Crippen LogP contribution in [-0.4, -0.2) is 64.5 Å². The topological polar surface area (TPSA) is 46.1 Å². The molecular formula is C21H36IN3O2.